The van der Waals surface area contributed by atoms with Crippen LogP contribution in [0.1, 0.15) is 61.2 Å². The molecular weight excluding hydrogens is 342 g/mol. The maximum atomic E-state index is 13.3. The molecule has 27 heavy (non-hydrogen) atoms. The number of fused-ring (bicyclic) bond motifs is 1. The number of rotatable bonds is 3. The quantitative estimate of drug-likeness (QED) is 0.806. The number of aromatic nitrogens is 2. The van der Waals surface area contributed by atoms with Gasteiger partial charge in [0.1, 0.15) is 0 Å². The second-order valence-electron chi connectivity index (χ2n) is 8.53. The monoisotopic (exact) mass is 373 g/mol. The Morgan fingerprint density at radius 2 is 1.81 bits per heavy atom. The number of carbonyl (C=O) groups is 2. The average molecular weight is 374 g/mol. The molecule has 0 N–H and O–H groups in total. The number of nitrogens with zero attached hydrogens (tertiary/aromatic N) is 5. The van der Waals surface area contributed by atoms with E-state index in [9.17, 15) is 9.59 Å². The molecule has 2 fully saturated rings. The van der Waals surface area contributed by atoms with Gasteiger partial charge < -0.3 is 19.3 Å². The van der Waals surface area contributed by atoms with E-state index in [4.69, 9.17) is 4.98 Å². The molecule has 0 bridgehead atoms. The van der Waals surface area contributed by atoms with Crippen molar-refractivity contribution in [3.63, 3.8) is 0 Å². The van der Waals surface area contributed by atoms with Gasteiger partial charge in [0.15, 0.2) is 5.82 Å². The Kier molecular flexibility index (Phi) is 4.97. The molecule has 2 aliphatic heterocycles. The minimum absolute atomic E-state index is 0.0356. The van der Waals surface area contributed by atoms with Crippen molar-refractivity contribution in [3.8, 4) is 0 Å². The fourth-order valence-electron chi connectivity index (χ4n) is 4.28. The molecule has 2 amide bonds. The molecule has 1 aromatic heterocycles. The van der Waals surface area contributed by atoms with Crippen LogP contribution < -0.4 is 0 Å². The smallest absolute Gasteiger partial charge is 0.289 e. The number of carbonyl (C=O) groups excluding carboxylic acids is 2. The molecule has 0 unspecified atom stereocenters. The van der Waals surface area contributed by atoms with Crippen molar-refractivity contribution in [1.29, 1.82) is 0 Å². The van der Waals surface area contributed by atoms with Crippen LogP contribution in [0.25, 0.3) is 0 Å². The van der Waals surface area contributed by atoms with Crippen molar-refractivity contribution < 1.29 is 9.59 Å². The first-order valence-corrected chi connectivity index (χ1v) is 10.3. The van der Waals surface area contributed by atoms with Gasteiger partial charge in [-0.05, 0) is 46.7 Å². The summed E-state index contributed by atoms with van der Waals surface area (Å²) in [7, 11) is 2.10. The number of hydrogen-bond donors (Lipinski definition) is 0. The molecule has 0 atom stereocenters. The maximum Gasteiger partial charge on any atom is 0.289 e. The standard InChI is InChI=1S/C20H31N5O2/c1-14(2)25-17-7-10-24(19(26)15-5-6-15)13-16(17)21-18(25)20(27)23-9-4-8-22(3)11-12-23/h14-15H,4-13H2,1-3H3. The largest absolute Gasteiger partial charge is 0.336 e. The topological polar surface area (TPSA) is 61.7 Å². The van der Waals surface area contributed by atoms with Gasteiger partial charge in [0.05, 0.1) is 12.2 Å². The highest BCUT2D eigenvalue weighted by Crippen LogP contribution is 2.33. The molecule has 1 saturated carbocycles. The van der Waals surface area contributed by atoms with Gasteiger partial charge in [0.2, 0.25) is 5.91 Å². The zero-order valence-electron chi connectivity index (χ0n) is 16.8. The summed E-state index contributed by atoms with van der Waals surface area (Å²) in [6.45, 7) is 8.96. The lowest BCUT2D eigenvalue weighted by atomic mass is 10.1. The van der Waals surface area contributed by atoms with Crippen molar-refractivity contribution in [1.82, 2.24) is 24.3 Å². The molecule has 3 aliphatic rings. The zero-order valence-corrected chi connectivity index (χ0v) is 16.8. The van der Waals surface area contributed by atoms with Crippen LogP contribution in [0.4, 0.5) is 0 Å². The van der Waals surface area contributed by atoms with E-state index in [-0.39, 0.29) is 23.8 Å². The Hall–Kier alpha value is -1.89. The number of likely N-dealkylation sites (N-methyl/N-ethyl adjacent to an activating group) is 1. The van der Waals surface area contributed by atoms with Crippen LogP contribution in [0.2, 0.25) is 0 Å². The SMILES string of the molecule is CC(C)n1c(C(=O)N2CCCN(C)CC2)nc2c1CCN(C(=O)C1CC1)C2. The van der Waals surface area contributed by atoms with Gasteiger partial charge in [-0.2, -0.15) is 0 Å². The van der Waals surface area contributed by atoms with Crippen LogP contribution in [0.3, 0.4) is 0 Å². The molecule has 0 aromatic carbocycles. The minimum atomic E-state index is 0.0356. The lowest BCUT2D eigenvalue weighted by Gasteiger charge is -2.28. The van der Waals surface area contributed by atoms with Gasteiger partial charge in [-0.3, -0.25) is 9.59 Å². The fraction of sp³-hybridized carbons (Fsp3) is 0.750. The molecule has 7 nitrogen and oxygen atoms in total. The van der Waals surface area contributed by atoms with Crippen molar-refractivity contribution in [2.45, 2.75) is 52.1 Å². The van der Waals surface area contributed by atoms with Gasteiger partial charge in [0.25, 0.3) is 5.91 Å². The highest BCUT2D eigenvalue weighted by molar-refractivity contribution is 5.91. The first-order chi connectivity index (χ1) is 13.0. The predicted molar refractivity (Wildman–Crippen MR) is 102 cm³/mol. The van der Waals surface area contributed by atoms with Crippen molar-refractivity contribution in [2.24, 2.45) is 5.92 Å². The number of amides is 2. The second kappa shape index (κ2) is 7.26. The highest BCUT2D eigenvalue weighted by Gasteiger charge is 2.37. The molecule has 3 heterocycles. The van der Waals surface area contributed by atoms with Gasteiger partial charge in [-0.1, -0.05) is 0 Å². The fourth-order valence-corrected chi connectivity index (χ4v) is 4.28. The lowest BCUT2D eigenvalue weighted by Crippen LogP contribution is -2.37. The normalized spacial score (nSPS) is 21.3. The third kappa shape index (κ3) is 3.61. The second-order valence-corrected chi connectivity index (χ2v) is 8.53. The third-order valence-electron chi connectivity index (χ3n) is 6.00. The summed E-state index contributed by atoms with van der Waals surface area (Å²) in [5, 5.41) is 0. The molecule has 1 aliphatic carbocycles. The van der Waals surface area contributed by atoms with E-state index >= 15 is 0 Å². The molecule has 4 rings (SSSR count). The van der Waals surface area contributed by atoms with Crippen LogP contribution in [0.5, 0.6) is 0 Å². The highest BCUT2D eigenvalue weighted by atomic mass is 16.2. The van der Waals surface area contributed by atoms with E-state index in [1.54, 1.807) is 0 Å². The predicted octanol–water partition coefficient (Wildman–Crippen LogP) is 1.54. The van der Waals surface area contributed by atoms with E-state index in [1.807, 2.05) is 9.80 Å². The summed E-state index contributed by atoms with van der Waals surface area (Å²) in [5.74, 6) is 1.09. The van der Waals surface area contributed by atoms with Gasteiger partial charge in [-0.25, -0.2) is 4.98 Å². The van der Waals surface area contributed by atoms with Crippen LogP contribution in [0.15, 0.2) is 0 Å². The summed E-state index contributed by atoms with van der Waals surface area (Å²) < 4.78 is 2.12. The van der Waals surface area contributed by atoms with Crippen LogP contribution in [-0.4, -0.2) is 75.8 Å². The van der Waals surface area contributed by atoms with E-state index in [0.717, 1.165) is 69.8 Å². The average Bonchev–Trinajstić information content (AvgIpc) is 3.44. The Morgan fingerprint density at radius 1 is 1.04 bits per heavy atom. The van der Waals surface area contributed by atoms with Crippen LogP contribution >= 0.6 is 0 Å². The summed E-state index contributed by atoms with van der Waals surface area (Å²) in [6.07, 6.45) is 3.83. The minimum Gasteiger partial charge on any atom is -0.336 e. The lowest BCUT2D eigenvalue weighted by molar-refractivity contribution is -0.133. The van der Waals surface area contributed by atoms with Gasteiger partial charge in [-0.15, -0.1) is 0 Å². The number of imidazole rings is 1. The molecular formula is C20H31N5O2. The summed E-state index contributed by atoms with van der Waals surface area (Å²) in [5.41, 5.74) is 2.05. The van der Waals surface area contributed by atoms with Crippen LogP contribution in [-0.2, 0) is 17.8 Å². The maximum absolute atomic E-state index is 13.3. The third-order valence-corrected chi connectivity index (χ3v) is 6.00. The summed E-state index contributed by atoms with van der Waals surface area (Å²) >= 11 is 0. The van der Waals surface area contributed by atoms with Crippen LogP contribution in [0, 0.1) is 5.92 Å². The summed E-state index contributed by atoms with van der Waals surface area (Å²) in [4.78, 5) is 36.7. The van der Waals surface area contributed by atoms with Crippen molar-refractivity contribution in [2.75, 3.05) is 39.8 Å². The van der Waals surface area contributed by atoms with E-state index in [0.29, 0.717) is 12.4 Å². The Bertz CT molecular complexity index is 737. The Morgan fingerprint density at radius 3 is 2.52 bits per heavy atom. The molecule has 1 aromatic rings. The van der Waals surface area contributed by atoms with Crippen molar-refractivity contribution in [3.05, 3.63) is 17.2 Å². The molecule has 1 saturated heterocycles. The summed E-state index contributed by atoms with van der Waals surface area (Å²) in [6, 6.07) is 0.181. The first kappa shape index (κ1) is 18.5. The number of hydrogen-bond acceptors (Lipinski definition) is 4. The Balaban J connectivity index is 1.59. The van der Waals surface area contributed by atoms with Gasteiger partial charge in [0, 0.05) is 50.3 Å². The van der Waals surface area contributed by atoms with E-state index in [1.165, 1.54) is 0 Å². The molecule has 148 valence electrons. The molecule has 0 radical (unpaired) electrons. The Labute approximate surface area is 161 Å². The van der Waals surface area contributed by atoms with Crippen molar-refractivity contribution >= 4 is 11.8 Å². The zero-order chi connectivity index (χ0) is 19.1. The molecule has 0 spiro atoms. The van der Waals surface area contributed by atoms with E-state index in [2.05, 4.69) is 30.4 Å². The van der Waals surface area contributed by atoms with Gasteiger partial charge >= 0.3 is 0 Å². The van der Waals surface area contributed by atoms with E-state index < -0.39 is 0 Å². The first-order valence-electron chi connectivity index (χ1n) is 10.3. The molecule has 7 heteroatoms.